The molecule has 6 nitrogen and oxygen atoms in total. The van der Waals surface area contributed by atoms with Crippen LogP contribution >= 0.6 is 0 Å². The summed E-state index contributed by atoms with van der Waals surface area (Å²) in [6, 6.07) is 5.14. The normalized spacial score (nSPS) is 12.4. The number of aromatic nitrogens is 2. The number of anilines is 1. The third-order valence-electron chi connectivity index (χ3n) is 2.56. The quantitative estimate of drug-likeness (QED) is 0.712. The van der Waals surface area contributed by atoms with Crippen molar-refractivity contribution in [2.45, 2.75) is 20.0 Å². The number of hydrogen-bond donors (Lipinski definition) is 3. The molecule has 0 bridgehead atoms. The smallest absolute Gasteiger partial charge is 0.338 e. The number of ether oxygens (including phenoxy) is 1. The third-order valence-corrected chi connectivity index (χ3v) is 2.56. The number of aromatic amines is 1. The number of fused-ring (bicyclic) bond motifs is 1. The molecule has 1 aromatic heterocycles. The van der Waals surface area contributed by atoms with Gasteiger partial charge in [0.25, 0.3) is 0 Å². The number of nitrogens with zero attached hydrogens (tertiary/aromatic N) is 1. The Morgan fingerprint density at radius 2 is 2.37 bits per heavy atom. The summed E-state index contributed by atoms with van der Waals surface area (Å²) in [5.41, 5.74) is 1.99. The summed E-state index contributed by atoms with van der Waals surface area (Å²) >= 11 is 0. The first-order valence-corrected chi connectivity index (χ1v) is 6.19. The Bertz CT molecular complexity index is 578. The molecule has 6 heteroatoms. The second-order valence-electron chi connectivity index (χ2n) is 4.27. The molecule has 0 saturated heterocycles. The number of nitrogens with one attached hydrogen (secondary N) is 2. The standard InChI is InChI=1S/C13H17N3O3/c1-3-19-12(18)9-4-5-10-11(6-9)16-13(15-10)14-7-8(2)17/h4-6,8,17H,3,7H2,1-2H3,(H2,14,15,16). The van der Waals surface area contributed by atoms with E-state index >= 15 is 0 Å². The van der Waals surface area contributed by atoms with Crippen LogP contribution in [-0.2, 0) is 4.74 Å². The van der Waals surface area contributed by atoms with E-state index in [2.05, 4.69) is 15.3 Å². The number of aliphatic hydroxyl groups is 1. The van der Waals surface area contributed by atoms with Crippen LogP contribution < -0.4 is 5.32 Å². The fourth-order valence-corrected chi connectivity index (χ4v) is 1.68. The van der Waals surface area contributed by atoms with E-state index in [1.807, 2.05) is 0 Å². The first-order valence-electron chi connectivity index (χ1n) is 6.19. The topological polar surface area (TPSA) is 87.2 Å². The second-order valence-corrected chi connectivity index (χ2v) is 4.27. The molecule has 0 spiro atoms. The van der Waals surface area contributed by atoms with Crippen LogP contribution in [0.25, 0.3) is 11.0 Å². The monoisotopic (exact) mass is 263 g/mol. The molecule has 1 aromatic carbocycles. The van der Waals surface area contributed by atoms with Gasteiger partial charge in [-0.2, -0.15) is 0 Å². The van der Waals surface area contributed by atoms with Crippen molar-refractivity contribution >= 4 is 23.0 Å². The van der Waals surface area contributed by atoms with Crippen LogP contribution in [0.15, 0.2) is 18.2 Å². The SMILES string of the molecule is CCOC(=O)c1ccc2nc(NCC(C)O)[nH]c2c1. The van der Waals surface area contributed by atoms with Gasteiger partial charge in [-0.05, 0) is 32.0 Å². The average Bonchev–Trinajstić information content (AvgIpc) is 2.78. The molecule has 1 unspecified atom stereocenters. The molecule has 19 heavy (non-hydrogen) atoms. The highest BCUT2D eigenvalue weighted by molar-refractivity contribution is 5.93. The van der Waals surface area contributed by atoms with Crippen molar-refractivity contribution in [3.8, 4) is 0 Å². The Hall–Kier alpha value is -2.08. The highest BCUT2D eigenvalue weighted by atomic mass is 16.5. The third kappa shape index (κ3) is 3.23. The fourth-order valence-electron chi connectivity index (χ4n) is 1.68. The first kappa shape index (κ1) is 13.4. The summed E-state index contributed by atoms with van der Waals surface area (Å²) in [7, 11) is 0. The van der Waals surface area contributed by atoms with Gasteiger partial charge < -0.3 is 20.1 Å². The predicted octanol–water partition coefficient (Wildman–Crippen LogP) is 1.53. The number of carbonyl (C=O) groups excluding carboxylic acids is 1. The molecular formula is C13H17N3O3. The molecule has 3 N–H and O–H groups in total. The van der Waals surface area contributed by atoms with Crippen LogP contribution in [0.1, 0.15) is 24.2 Å². The van der Waals surface area contributed by atoms with Crippen LogP contribution in [0.2, 0.25) is 0 Å². The lowest BCUT2D eigenvalue weighted by molar-refractivity contribution is 0.0526. The van der Waals surface area contributed by atoms with Crippen molar-refractivity contribution in [3.63, 3.8) is 0 Å². The second kappa shape index (κ2) is 5.71. The molecule has 0 saturated carbocycles. The van der Waals surface area contributed by atoms with Crippen molar-refractivity contribution < 1.29 is 14.6 Å². The Labute approximate surface area is 110 Å². The van der Waals surface area contributed by atoms with Crippen molar-refractivity contribution in [2.75, 3.05) is 18.5 Å². The number of benzene rings is 1. The summed E-state index contributed by atoms with van der Waals surface area (Å²) < 4.78 is 4.94. The minimum absolute atomic E-state index is 0.348. The van der Waals surface area contributed by atoms with Crippen molar-refractivity contribution in [2.24, 2.45) is 0 Å². The van der Waals surface area contributed by atoms with Gasteiger partial charge in [-0.1, -0.05) is 0 Å². The molecule has 0 radical (unpaired) electrons. The van der Waals surface area contributed by atoms with E-state index in [0.29, 0.717) is 24.7 Å². The Kier molecular flexibility index (Phi) is 4.01. The molecule has 102 valence electrons. The number of carbonyl (C=O) groups is 1. The molecule has 2 rings (SSSR count). The van der Waals surface area contributed by atoms with Gasteiger partial charge in [0.1, 0.15) is 0 Å². The van der Waals surface area contributed by atoms with Crippen LogP contribution in [0.3, 0.4) is 0 Å². The summed E-state index contributed by atoms with van der Waals surface area (Å²) in [4.78, 5) is 19.0. The first-order chi connectivity index (χ1) is 9.10. The number of rotatable bonds is 5. The molecule has 0 aliphatic rings. The zero-order valence-corrected chi connectivity index (χ0v) is 10.9. The molecule has 0 amide bonds. The summed E-state index contributed by atoms with van der Waals surface area (Å²) in [5.74, 6) is 0.217. The molecular weight excluding hydrogens is 246 g/mol. The van der Waals surface area contributed by atoms with Crippen LogP contribution in [0, 0.1) is 0 Å². The Balaban J connectivity index is 2.20. The minimum atomic E-state index is -0.455. The van der Waals surface area contributed by atoms with E-state index in [1.54, 1.807) is 32.0 Å². The van der Waals surface area contributed by atoms with Gasteiger partial charge >= 0.3 is 5.97 Å². The Morgan fingerprint density at radius 3 is 3.05 bits per heavy atom. The van der Waals surface area contributed by atoms with E-state index in [0.717, 1.165) is 11.0 Å². The molecule has 2 aromatic rings. The van der Waals surface area contributed by atoms with E-state index in [4.69, 9.17) is 4.74 Å². The number of esters is 1. The van der Waals surface area contributed by atoms with Gasteiger partial charge in [-0.15, -0.1) is 0 Å². The summed E-state index contributed by atoms with van der Waals surface area (Å²) in [6.07, 6.45) is -0.455. The van der Waals surface area contributed by atoms with E-state index in [1.165, 1.54) is 0 Å². The van der Waals surface area contributed by atoms with Gasteiger partial charge in [-0.3, -0.25) is 0 Å². The molecule has 1 atom stereocenters. The zero-order valence-electron chi connectivity index (χ0n) is 10.9. The summed E-state index contributed by atoms with van der Waals surface area (Å²) in [5, 5.41) is 12.2. The van der Waals surface area contributed by atoms with Crippen molar-refractivity contribution in [3.05, 3.63) is 23.8 Å². The lowest BCUT2D eigenvalue weighted by atomic mass is 10.2. The maximum Gasteiger partial charge on any atom is 0.338 e. The van der Waals surface area contributed by atoms with E-state index < -0.39 is 6.10 Å². The lowest BCUT2D eigenvalue weighted by Crippen LogP contribution is -2.15. The molecule has 0 fully saturated rings. The number of imidazole rings is 1. The van der Waals surface area contributed by atoms with E-state index in [9.17, 15) is 9.90 Å². The van der Waals surface area contributed by atoms with Gasteiger partial charge in [0.15, 0.2) is 0 Å². The van der Waals surface area contributed by atoms with Crippen molar-refractivity contribution in [1.82, 2.24) is 9.97 Å². The summed E-state index contributed by atoms with van der Waals surface area (Å²) in [6.45, 7) is 4.21. The largest absolute Gasteiger partial charge is 0.462 e. The van der Waals surface area contributed by atoms with Gasteiger partial charge in [0.2, 0.25) is 5.95 Å². The highest BCUT2D eigenvalue weighted by Gasteiger charge is 2.09. The Morgan fingerprint density at radius 1 is 1.58 bits per heavy atom. The van der Waals surface area contributed by atoms with Gasteiger partial charge in [0.05, 0.1) is 29.3 Å². The fraction of sp³-hybridized carbons (Fsp3) is 0.385. The number of hydrogen-bond acceptors (Lipinski definition) is 5. The van der Waals surface area contributed by atoms with Gasteiger partial charge in [-0.25, -0.2) is 9.78 Å². The van der Waals surface area contributed by atoms with Crippen LogP contribution in [0.5, 0.6) is 0 Å². The lowest BCUT2D eigenvalue weighted by Gasteiger charge is -2.03. The van der Waals surface area contributed by atoms with Gasteiger partial charge in [0, 0.05) is 6.54 Å². The molecule has 0 aliphatic heterocycles. The van der Waals surface area contributed by atoms with Crippen LogP contribution in [0.4, 0.5) is 5.95 Å². The molecule has 1 heterocycles. The zero-order chi connectivity index (χ0) is 13.8. The number of aliphatic hydroxyl groups excluding tert-OH is 1. The maximum absolute atomic E-state index is 11.6. The van der Waals surface area contributed by atoms with E-state index in [-0.39, 0.29) is 5.97 Å². The minimum Gasteiger partial charge on any atom is -0.462 e. The number of H-pyrrole nitrogens is 1. The maximum atomic E-state index is 11.6. The van der Waals surface area contributed by atoms with Crippen molar-refractivity contribution in [1.29, 1.82) is 0 Å². The molecule has 0 aliphatic carbocycles. The predicted molar refractivity (Wildman–Crippen MR) is 72.2 cm³/mol. The average molecular weight is 263 g/mol. The highest BCUT2D eigenvalue weighted by Crippen LogP contribution is 2.16. The van der Waals surface area contributed by atoms with Crippen LogP contribution in [-0.4, -0.2) is 40.3 Å².